The summed E-state index contributed by atoms with van der Waals surface area (Å²) < 4.78 is 3.48. The van der Waals surface area contributed by atoms with Crippen LogP contribution in [-0.2, 0) is 14.1 Å². The minimum atomic E-state index is 0.648. The Bertz CT molecular complexity index is 209. The Morgan fingerprint density at radius 3 is 2.44 bits per heavy atom. The van der Waals surface area contributed by atoms with E-state index in [9.17, 15) is 0 Å². The maximum atomic E-state index is 5.70. The Kier molecular flexibility index (Phi) is 1.53. The number of hydrogen-bond acceptors (Lipinski definition) is 0. The van der Waals surface area contributed by atoms with E-state index in [1.54, 1.807) is 15.3 Å². The fourth-order valence-corrected chi connectivity index (χ4v) is 0.892. The summed E-state index contributed by atoms with van der Waals surface area (Å²) in [7, 11) is 9.21. The number of hydrogen-bond donors (Lipinski definition) is 0. The van der Waals surface area contributed by atoms with Crippen LogP contribution in [-0.4, -0.2) is 12.4 Å². The van der Waals surface area contributed by atoms with Crippen LogP contribution in [0.1, 0.15) is 0 Å². The van der Waals surface area contributed by atoms with E-state index in [0.29, 0.717) is 10.9 Å². The van der Waals surface area contributed by atoms with Gasteiger partial charge < -0.3 is 0 Å². The topological polar surface area (TPSA) is 8.81 Å². The third-order valence-corrected chi connectivity index (χ3v) is 1.68. The van der Waals surface area contributed by atoms with Gasteiger partial charge in [-0.1, -0.05) is 0 Å². The average Bonchev–Trinajstić information content (AvgIpc) is 1.98. The Labute approximate surface area is 60.5 Å². The summed E-state index contributed by atoms with van der Waals surface area (Å²) in [6.07, 6.45) is 1.76. The molecule has 0 aliphatic heterocycles. The molecule has 0 aliphatic carbocycles. The van der Waals surface area contributed by atoms with Crippen molar-refractivity contribution in [1.82, 2.24) is 4.57 Å². The first-order valence-corrected chi connectivity index (χ1v) is 2.97. The van der Waals surface area contributed by atoms with Crippen molar-refractivity contribution in [2.45, 2.75) is 0 Å². The maximum Gasteiger partial charge on any atom is 0.239 e. The third-order valence-electron chi connectivity index (χ3n) is 1.33. The highest BCUT2D eigenvalue weighted by Crippen LogP contribution is 1.98. The number of halogens is 1. The largest absolute Gasteiger partial charge is 0.246 e. The Morgan fingerprint density at radius 1 is 1.78 bits per heavy atom. The number of imidazole rings is 1. The summed E-state index contributed by atoms with van der Waals surface area (Å²) in [5.41, 5.74) is 0.653. The van der Waals surface area contributed by atoms with Gasteiger partial charge in [-0.05, 0) is 11.6 Å². The van der Waals surface area contributed by atoms with Gasteiger partial charge in [0.05, 0.1) is 14.1 Å². The smallest absolute Gasteiger partial charge is 0.239 e. The Morgan fingerprint density at radius 2 is 2.33 bits per heavy atom. The molecule has 9 heavy (non-hydrogen) atoms. The molecular formula is C5H7BClN2+. The van der Waals surface area contributed by atoms with Gasteiger partial charge in [-0.15, -0.1) is 0 Å². The van der Waals surface area contributed by atoms with Gasteiger partial charge in [0.2, 0.25) is 13.0 Å². The van der Waals surface area contributed by atoms with Crippen molar-refractivity contribution in [2.75, 3.05) is 0 Å². The zero-order valence-corrected chi connectivity index (χ0v) is 6.18. The van der Waals surface area contributed by atoms with Crippen molar-refractivity contribution in [2.24, 2.45) is 14.1 Å². The van der Waals surface area contributed by atoms with Gasteiger partial charge in [0.1, 0.15) is 6.20 Å². The van der Waals surface area contributed by atoms with Crippen molar-refractivity contribution >= 4 is 25.2 Å². The second-order valence-corrected chi connectivity index (χ2v) is 2.37. The molecule has 1 heterocycles. The zero-order chi connectivity index (χ0) is 7.02. The number of aromatic nitrogens is 2. The molecule has 1 rings (SSSR count). The molecule has 0 aliphatic rings. The van der Waals surface area contributed by atoms with Crippen LogP contribution in [0, 0.1) is 0 Å². The van der Waals surface area contributed by atoms with Crippen LogP contribution >= 0.6 is 11.6 Å². The van der Waals surface area contributed by atoms with Gasteiger partial charge >= 0.3 is 0 Å². The van der Waals surface area contributed by atoms with E-state index < -0.39 is 0 Å². The molecule has 1 aromatic rings. The monoisotopic (exact) mass is 141 g/mol. The Hall–Kier alpha value is -0.435. The van der Waals surface area contributed by atoms with Crippen LogP contribution in [0.4, 0.5) is 0 Å². The van der Waals surface area contributed by atoms with E-state index >= 15 is 0 Å². The molecule has 0 amide bonds. The molecule has 46 valence electrons. The summed E-state index contributed by atoms with van der Waals surface area (Å²) in [5.74, 6) is 0. The minimum Gasteiger partial charge on any atom is -0.246 e. The molecule has 0 bridgehead atoms. The summed E-state index contributed by atoms with van der Waals surface area (Å²) in [6, 6.07) is 0. The van der Waals surface area contributed by atoms with E-state index in [1.807, 2.05) is 14.1 Å². The first kappa shape index (κ1) is 6.68. The van der Waals surface area contributed by atoms with Crippen LogP contribution < -0.4 is 10.3 Å². The number of nitrogens with zero attached hydrogens (tertiary/aromatic N) is 2. The molecule has 0 unspecified atom stereocenters. The second kappa shape index (κ2) is 2.07. The molecule has 0 saturated heterocycles. The fraction of sp³-hybridized carbons (Fsp3) is 0.400. The molecule has 4 heteroatoms. The second-order valence-electron chi connectivity index (χ2n) is 1.98. The quantitative estimate of drug-likeness (QED) is 0.334. The van der Waals surface area contributed by atoms with Crippen LogP contribution in [0.25, 0.3) is 0 Å². The summed E-state index contributed by atoms with van der Waals surface area (Å²) in [4.78, 5) is 0. The normalized spacial score (nSPS) is 10.1. The lowest BCUT2D eigenvalue weighted by Crippen LogP contribution is -2.45. The van der Waals surface area contributed by atoms with Gasteiger partial charge in [0.25, 0.3) is 0 Å². The summed E-state index contributed by atoms with van der Waals surface area (Å²) in [6.45, 7) is 0. The van der Waals surface area contributed by atoms with Crippen LogP contribution in [0.15, 0.2) is 6.20 Å². The van der Waals surface area contributed by atoms with Crippen molar-refractivity contribution in [3.8, 4) is 0 Å². The molecular weight excluding hydrogens is 134 g/mol. The van der Waals surface area contributed by atoms with E-state index in [0.717, 1.165) is 0 Å². The SMILES string of the molecule is [B]c1n(C)c(Cl)c[n+]1C. The van der Waals surface area contributed by atoms with Gasteiger partial charge in [0.15, 0.2) is 5.72 Å². The highest BCUT2D eigenvalue weighted by molar-refractivity contribution is 6.32. The summed E-state index contributed by atoms with van der Waals surface area (Å²) >= 11 is 5.70. The van der Waals surface area contributed by atoms with Gasteiger partial charge in [-0.3, -0.25) is 0 Å². The lowest BCUT2D eigenvalue weighted by molar-refractivity contribution is -0.652. The van der Waals surface area contributed by atoms with Gasteiger partial charge in [-0.25, -0.2) is 9.13 Å². The zero-order valence-electron chi connectivity index (χ0n) is 5.43. The molecule has 0 N–H and O–H groups in total. The van der Waals surface area contributed by atoms with Crippen molar-refractivity contribution < 1.29 is 4.57 Å². The molecule has 2 radical (unpaired) electrons. The van der Waals surface area contributed by atoms with Crippen molar-refractivity contribution in [1.29, 1.82) is 0 Å². The first-order valence-electron chi connectivity index (χ1n) is 2.59. The van der Waals surface area contributed by atoms with Crippen LogP contribution in [0.3, 0.4) is 0 Å². The van der Waals surface area contributed by atoms with Crippen LogP contribution in [0.5, 0.6) is 0 Å². The fourth-order valence-electron chi connectivity index (χ4n) is 0.659. The minimum absolute atomic E-state index is 0.648. The Balaban J connectivity index is 3.29. The molecule has 1 aromatic heterocycles. The molecule has 0 spiro atoms. The van der Waals surface area contributed by atoms with Crippen LogP contribution in [0.2, 0.25) is 5.15 Å². The highest BCUT2D eigenvalue weighted by atomic mass is 35.5. The molecule has 0 atom stereocenters. The van der Waals surface area contributed by atoms with E-state index in [2.05, 4.69) is 0 Å². The van der Waals surface area contributed by atoms with Gasteiger partial charge in [0, 0.05) is 0 Å². The van der Waals surface area contributed by atoms with Crippen molar-refractivity contribution in [3.63, 3.8) is 0 Å². The molecule has 0 aromatic carbocycles. The lowest BCUT2D eigenvalue weighted by Gasteiger charge is -1.87. The van der Waals surface area contributed by atoms with Crippen molar-refractivity contribution in [3.05, 3.63) is 11.3 Å². The van der Waals surface area contributed by atoms with E-state index in [4.69, 9.17) is 19.4 Å². The maximum absolute atomic E-state index is 5.70. The number of aryl methyl sites for hydroxylation is 1. The predicted octanol–water partition coefficient (Wildman–Crippen LogP) is -0.703. The lowest BCUT2D eigenvalue weighted by atomic mass is 10.1. The van der Waals surface area contributed by atoms with E-state index in [-0.39, 0.29) is 0 Å². The van der Waals surface area contributed by atoms with E-state index in [1.165, 1.54) is 0 Å². The molecule has 0 saturated carbocycles. The third kappa shape index (κ3) is 0.967. The highest BCUT2D eigenvalue weighted by Gasteiger charge is 2.09. The molecule has 0 fully saturated rings. The van der Waals surface area contributed by atoms with Gasteiger partial charge in [-0.2, -0.15) is 0 Å². The molecule has 2 nitrogen and oxygen atoms in total. The predicted molar refractivity (Wildman–Crippen MR) is 37.0 cm³/mol. The summed E-state index contributed by atoms with van der Waals surface area (Å²) in [5, 5.41) is 0.648. The number of rotatable bonds is 0. The average molecular weight is 141 g/mol. The standard InChI is InChI=1S/C5H7BClN2/c1-8-3-4(7)9(2)5(8)6/h3H,1-2H3/q+1. The first-order chi connectivity index (χ1) is 4.13.